The lowest BCUT2D eigenvalue weighted by atomic mass is 9.76. The first kappa shape index (κ1) is 13.0. The van der Waals surface area contributed by atoms with E-state index < -0.39 is 0 Å². The number of piperidine rings is 3. The quantitative estimate of drug-likeness (QED) is 0.810. The molecular formula is C18H20N2O. The fourth-order valence-corrected chi connectivity index (χ4v) is 3.92. The first-order valence-corrected chi connectivity index (χ1v) is 7.90. The van der Waals surface area contributed by atoms with Crippen molar-refractivity contribution in [2.75, 3.05) is 19.6 Å². The van der Waals surface area contributed by atoms with E-state index in [2.05, 4.69) is 9.88 Å². The van der Waals surface area contributed by atoms with Crippen LogP contribution in [0.3, 0.4) is 0 Å². The van der Waals surface area contributed by atoms with Crippen molar-refractivity contribution < 1.29 is 4.79 Å². The molecule has 2 aromatic rings. The minimum atomic E-state index is 0.291. The zero-order chi connectivity index (χ0) is 14.2. The summed E-state index contributed by atoms with van der Waals surface area (Å²) in [6, 6.07) is 9.82. The van der Waals surface area contributed by atoms with Crippen LogP contribution in [-0.4, -0.2) is 35.3 Å². The topological polar surface area (TPSA) is 33.2 Å². The maximum absolute atomic E-state index is 12.6. The highest BCUT2D eigenvalue weighted by Crippen LogP contribution is 2.35. The number of Topliss-reactive ketones (excluding diaryl/α,β-unsaturated/α-hetero) is 1. The third-order valence-electron chi connectivity index (χ3n) is 5.16. The van der Waals surface area contributed by atoms with Gasteiger partial charge in [-0.1, -0.05) is 6.07 Å². The molecule has 4 heterocycles. The minimum absolute atomic E-state index is 0.291. The van der Waals surface area contributed by atoms with Crippen molar-refractivity contribution in [3.63, 3.8) is 0 Å². The van der Waals surface area contributed by atoms with Gasteiger partial charge in [0.2, 0.25) is 0 Å². The summed E-state index contributed by atoms with van der Waals surface area (Å²) in [7, 11) is 0. The third-order valence-corrected chi connectivity index (χ3v) is 5.16. The van der Waals surface area contributed by atoms with Gasteiger partial charge in [0, 0.05) is 30.1 Å². The molecule has 1 unspecified atom stereocenters. The summed E-state index contributed by atoms with van der Waals surface area (Å²) in [5.74, 6) is 1.62. The Bertz CT molecular complexity index is 674. The van der Waals surface area contributed by atoms with Gasteiger partial charge in [-0.25, -0.2) is 0 Å². The van der Waals surface area contributed by atoms with E-state index in [0.29, 0.717) is 18.1 Å². The molecular weight excluding hydrogens is 260 g/mol. The van der Waals surface area contributed by atoms with Gasteiger partial charge >= 0.3 is 0 Å². The van der Waals surface area contributed by atoms with Crippen LogP contribution >= 0.6 is 0 Å². The van der Waals surface area contributed by atoms with Crippen molar-refractivity contribution in [2.24, 2.45) is 11.8 Å². The number of carbonyl (C=O) groups excluding carboxylic acids is 1. The molecule has 108 valence electrons. The Hall–Kier alpha value is -1.74. The smallest absolute Gasteiger partial charge is 0.163 e. The van der Waals surface area contributed by atoms with Crippen LogP contribution in [0.1, 0.15) is 29.6 Å². The SMILES string of the molecule is O=C(CC1CN2CCC1CC2)c1ccc2ncccc2c1. The monoisotopic (exact) mass is 280 g/mol. The van der Waals surface area contributed by atoms with Gasteiger partial charge in [0.1, 0.15) is 0 Å². The lowest BCUT2D eigenvalue weighted by Crippen LogP contribution is -2.47. The van der Waals surface area contributed by atoms with Crippen LogP contribution in [0.15, 0.2) is 36.5 Å². The van der Waals surface area contributed by atoms with Crippen molar-refractivity contribution in [2.45, 2.75) is 19.3 Å². The highest BCUT2D eigenvalue weighted by atomic mass is 16.1. The average molecular weight is 280 g/mol. The Kier molecular flexibility index (Phi) is 3.23. The molecule has 0 amide bonds. The average Bonchev–Trinajstić information content (AvgIpc) is 2.55. The van der Waals surface area contributed by atoms with Crippen LogP contribution in [0, 0.1) is 11.8 Å². The van der Waals surface area contributed by atoms with E-state index in [-0.39, 0.29) is 0 Å². The number of rotatable bonds is 3. The van der Waals surface area contributed by atoms with Crippen LogP contribution < -0.4 is 0 Å². The Labute approximate surface area is 125 Å². The molecule has 1 atom stereocenters. The summed E-state index contributed by atoms with van der Waals surface area (Å²) in [6.07, 6.45) is 5.04. The van der Waals surface area contributed by atoms with E-state index in [0.717, 1.165) is 28.9 Å². The van der Waals surface area contributed by atoms with Gasteiger partial charge in [0.05, 0.1) is 5.52 Å². The lowest BCUT2D eigenvalue weighted by molar-refractivity contribution is 0.0441. The molecule has 0 aliphatic carbocycles. The molecule has 21 heavy (non-hydrogen) atoms. The van der Waals surface area contributed by atoms with Crippen molar-refractivity contribution in [1.82, 2.24) is 9.88 Å². The van der Waals surface area contributed by atoms with E-state index in [9.17, 15) is 4.79 Å². The number of hydrogen-bond donors (Lipinski definition) is 0. The maximum Gasteiger partial charge on any atom is 0.163 e. The summed E-state index contributed by atoms with van der Waals surface area (Å²) in [5, 5.41) is 1.05. The second kappa shape index (κ2) is 5.23. The lowest BCUT2D eigenvalue weighted by Gasteiger charge is -2.44. The number of aromatic nitrogens is 1. The molecule has 5 rings (SSSR count). The van der Waals surface area contributed by atoms with E-state index in [1.807, 2.05) is 30.3 Å². The largest absolute Gasteiger partial charge is 0.303 e. The number of benzene rings is 1. The first-order valence-electron chi connectivity index (χ1n) is 7.90. The fraction of sp³-hybridized carbons (Fsp3) is 0.444. The van der Waals surface area contributed by atoms with Crippen LogP contribution in [-0.2, 0) is 0 Å². The van der Waals surface area contributed by atoms with Gasteiger partial charge in [-0.3, -0.25) is 9.78 Å². The Morgan fingerprint density at radius 2 is 2.10 bits per heavy atom. The first-order chi connectivity index (χ1) is 10.3. The van der Waals surface area contributed by atoms with Crippen LogP contribution in [0.5, 0.6) is 0 Å². The van der Waals surface area contributed by atoms with Gasteiger partial charge in [-0.05, 0) is 62.0 Å². The fourth-order valence-electron chi connectivity index (χ4n) is 3.92. The zero-order valence-corrected chi connectivity index (χ0v) is 12.2. The molecule has 1 aromatic heterocycles. The predicted octanol–water partition coefficient (Wildman–Crippen LogP) is 3.15. The summed E-state index contributed by atoms with van der Waals surface area (Å²) < 4.78 is 0. The summed E-state index contributed by atoms with van der Waals surface area (Å²) in [4.78, 5) is 19.4. The summed E-state index contributed by atoms with van der Waals surface area (Å²) >= 11 is 0. The Balaban J connectivity index is 1.53. The molecule has 3 saturated heterocycles. The van der Waals surface area contributed by atoms with Crippen LogP contribution in [0.4, 0.5) is 0 Å². The Morgan fingerprint density at radius 3 is 2.86 bits per heavy atom. The number of pyridine rings is 1. The second-order valence-electron chi connectivity index (χ2n) is 6.44. The van der Waals surface area contributed by atoms with Gasteiger partial charge in [-0.15, -0.1) is 0 Å². The molecule has 0 radical (unpaired) electrons. The van der Waals surface area contributed by atoms with Crippen molar-refractivity contribution in [3.8, 4) is 0 Å². The number of hydrogen-bond acceptors (Lipinski definition) is 3. The van der Waals surface area contributed by atoms with E-state index in [1.165, 1.54) is 25.9 Å². The normalized spacial score (nSPS) is 27.9. The number of ketones is 1. The van der Waals surface area contributed by atoms with Gasteiger partial charge in [0.15, 0.2) is 5.78 Å². The molecule has 3 aliphatic heterocycles. The van der Waals surface area contributed by atoms with Crippen LogP contribution in [0.25, 0.3) is 10.9 Å². The molecule has 3 heteroatoms. The van der Waals surface area contributed by atoms with E-state index >= 15 is 0 Å². The molecule has 0 N–H and O–H groups in total. The molecule has 2 bridgehead atoms. The van der Waals surface area contributed by atoms with Crippen molar-refractivity contribution in [1.29, 1.82) is 0 Å². The summed E-state index contributed by atoms with van der Waals surface area (Å²) in [5.41, 5.74) is 1.80. The maximum atomic E-state index is 12.6. The molecule has 0 spiro atoms. The van der Waals surface area contributed by atoms with E-state index in [1.54, 1.807) is 6.20 Å². The van der Waals surface area contributed by atoms with Crippen molar-refractivity contribution in [3.05, 3.63) is 42.1 Å². The minimum Gasteiger partial charge on any atom is -0.303 e. The highest BCUT2D eigenvalue weighted by molar-refractivity contribution is 5.99. The third kappa shape index (κ3) is 2.46. The second-order valence-corrected chi connectivity index (χ2v) is 6.44. The number of nitrogens with zero attached hydrogens (tertiary/aromatic N) is 2. The van der Waals surface area contributed by atoms with Gasteiger partial charge in [-0.2, -0.15) is 0 Å². The Morgan fingerprint density at radius 1 is 1.24 bits per heavy atom. The van der Waals surface area contributed by atoms with E-state index in [4.69, 9.17) is 0 Å². The van der Waals surface area contributed by atoms with Crippen molar-refractivity contribution >= 4 is 16.7 Å². The molecule has 3 fully saturated rings. The molecule has 0 saturated carbocycles. The van der Waals surface area contributed by atoms with Crippen LogP contribution in [0.2, 0.25) is 0 Å². The molecule has 1 aromatic carbocycles. The number of carbonyl (C=O) groups is 1. The van der Waals surface area contributed by atoms with Gasteiger partial charge < -0.3 is 4.90 Å². The molecule has 3 nitrogen and oxygen atoms in total. The summed E-state index contributed by atoms with van der Waals surface area (Å²) in [6.45, 7) is 3.58. The zero-order valence-electron chi connectivity index (χ0n) is 12.2. The highest BCUT2D eigenvalue weighted by Gasteiger charge is 2.35. The standard InChI is InChI=1S/C18H20N2O/c21-18(11-16-12-20-8-5-13(16)6-9-20)15-3-4-17-14(10-15)2-1-7-19-17/h1-4,7,10,13,16H,5-6,8-9,11-12H2. The van der Waals surface area contributed by atoms with Gasteiger partial charge in [0.25, 0.3) is 0 Å². The predicted molar refractivity (Wildman–Crippen MR) is 83.3 cm³/mol. The number of fused-ring (bicyclic) bond motifs is 4. The molecule has 3 aliphatic rings.